The molecule has 0 aliphatic rings. The monoisotopic (exact) mass is 366 g/mol. The summed E-state index contributed by atoms with van der Waals surface area (Å²) in [5, 5.41) is 5.71. The minimum absolute atomic E-state index is 0.0416. The van der Waals surface area contributed by atoms with E-state index >= 15 is 0 Å². The molecule has 5 nitrogen and oxygen atoms in total. The molecule has 3 aromatic rings. The van der Waals surface area contributed by atoms with Crippen molar-refractivity contribution < 1.29 is 4.79 Å². The fraction of sp³-hybridized carbons (Fsp3) is 0.200. The number of nitrogens with one attached hydrogen (secondary N) is 3. The third-order valence-electron chi connectivity index (χ3n) is 3.65. The quantitative estimate of drug-likeness (QED) is 0.501. The number of para-hydroxylation sites is 1. The van der Waals surface area contributed by atoms with Crippen molar-refractivity contribution in [3.63, 3.8) is 0 Å². The summed E-state index contributed by atoms with van der Waals surface area (Å²) in [4.78, 5) is 16.4. The number of thiazole rings is 1. The lowest BCUT2D eigenvalue weighted by Gasteiger charge is -2.07. The molecule has 0 unspecified atom stereocenters. The Bertz CT molecular complexity index is 844. The molecule has 0 aliphatic heterocycles. The van der Waals surface area contributed by atoms with Gasteiger partial charge in [0.25, 0.3) is 0 Å². The molecule has 0 saturated carbocycles. The summed E-state index contributed by atoms with van der Waals surface area (Å²) >= 11 is 1.53. The number of hydrazine groups is 1. The van der Waals surface area contributed by atoms with Gasteiger partial charge in [-0.15, -0.1) is 11.3 Å². The fourth-order valence-corrected chi connectivity index (χ4v) is 3.09. The van der Waals surface area contributed by atoms with Gasteiger partial charge in [0.2, 0.25) is 11.0 Å². The summed E-state index contributed by atoms with van der Waals surface area (Å²) in [7, 11) is 0. The highest BCUT2D eigenvalue weighted by atomic mass is 32.1. The minimum Gasteiger partial charge on any atom is -0.326 e. The molecule has 1 aromatic heterocycles. The van der Waals surface area contributed by atoms with Crippen LogP contribution in [0.2, 0.25) is 0 Å². The first kappa shape index (κ1) is 17.9. The second-order valence-electron chi connectivity index (χ2n) is 6.38. The average Bonchev–Trinajstić information content (AvgIpc) is 3.10. The van der Waals surface area contributed by atoms with E-state index in [9.17, 15) is 4.79 Å². The Morgan fingerprint density at radius 2 is 1.73 bits per heavy atom. The van der Waals surface area contributed by atoms with Crippen LogP contribution >= 0.6 is 11.3 Å². The summed E-state index contributed by atoms with van der Waals surface area (Å²) in [5.41, 5.74) is 9.92. The van der Waals surface area contributed by atoms with Crippen LogP contribution in [0.5, 0.6) is 0 Å². The van der Waals surface area contributed by atoms with Crippen molar-refractivity contribution in [2.45, 2.75) is 20.3 Å². The lowest BCUT2D eigenvalue weighted by molar-refractivity contribution is -0.116. The van der Waals surface area contributed by atoms with Gasteiger partial charge in [0, 0.05) is 23.1 Å². The molecule has 2 aromatic carbocycles. The van der Waals surface area contributed by atoms with Crippen LogP contribution in [0.4, 0.5) is 16.5 Å². The van der Waals surface area contributed by atoms with Gasteiger partial charge in [0.15, 0.2) is 0 Å². The zero-order valence-corrected chi connectivity index (χ0v) is 15.6. The number of hydrogen-bond acceptors (Lipinski definition) is 5. The van der Waals surface area contributed by atoms with E-state index in [-0.39, 0.29) is 5.91 Å². The third kappa shape index (κ3) is 5.07. The molecule has 134 valence electrons. The fourth-order valence-electron chi connectivity index (χ4n) is 2.42. The van der Waals surface area contributed by atoms with Crippen LogP contribution in [0.3, 0.4) is 0 Å². The molecule has 3 rings (SSSR count). The second-order valence-corrected chi connectivity index (χ2v) is 7.24. The zero-order valence-electron chi connectivity index (χ0n) is 14.8. The van der Waals surface area contributed by atoms with E-state index in [1.807, 2.05) is 73.8 Å². The Morgan fingerprint density at radius 3 is 2.42 bits per heavy atom. The third-order valence-corrected chi connectivity index (χ3v) is 4.41. The molecular weight excluding hydrogens is 344 g/mol. The molecule has 0 fully saturated rings. The van der Waals surface area contributed by atoms with Crippen molar-refractivity contribution >= 4 is 33.8 Å². The van der Waals surface area contributed by atoms with Crippen molar-refractivity contribution in [1.29, 1.82) is 0 Å². The molecule has 26 heavy (non-hydrogen) atoms. The van der Waals surface area contributed by atoms with E-state index in [0.717, 1.165) is 27.8 Å². The number of aromatic nitrogens is 1. The summed E-state index contributed by atoms with van der Waals surface area (Å²) in [5.74, 6) is 0.388. The molecule has 0 bridgehead atoms. The molecule has 0 radical (unpaired) electrons. The molecule has 0 saturated heterocycles. The van der Waals surface area contributed by atoms with Gasteiger partial charge in [-0.3, -0.25) is 15.6 Å². The van der Waals surface area contributed by atoms with Gasteiger partial charge in [-0.2, -0.15) is 0 Å². The first-order valence-corrected chi connectivity index (χ1v) is 9.41. The van der Waals surface area contributed by atoms with Gasteiger partial charge in [0.1, 0.15) is 0 Å². The van der Waals surface area contributed by atoms with Crippen molar-refractivity contribution in [3.8, 4) is 11.3 Å². The molecule has 0 spiro atoms. The van der Waals surface area contributed by atoms with E-state index in [4.69, 9.17) is 0 Å². The van der Waals surface area contributed by atoms with E-state index in [1.54, 1.807) is 0 Å². The highest BCUT2D eigenvalue weighted by Gasteiger charge is 2.07. The molecule has 3 N–H and O–H groups in total. The highest BCUT2D eigenvalue weighted by molar-refractivity contribution is 7.14. The van der Waals surface area contributed by atoms with Crippen molar-refractivity contribution in [2.24, 2.45) is 5.92 Å². The molecule has 6 heteroatoms. The molecule has 0 atom stereocenters. The molecule has 1 amide bonds. The number of carbonyl (C=O) groups is 1. The average molecular weight is 366 g/mol. The van der Waals surface area contributed by atoms with Gasteiger partial charge in [-0.25, -0.2) is 4.98 Å². The van der Waals surface area contributed by atoms with Gasteiger partial charge in [0.05, 0.1) is 11.4 Å². The smallest absolute Gasteiger partial charge is 0.224 e. The Hall–Kier alpha value is -2.86. The van der Waals surface area contributed by atoms with Crippen molar-refractivity contribution in [3.05, 3.63) is 60.0 Å². The molecular formula is C20H22N4OS. The lowest BCUT2D eigenvalue weighted by atomic mass is 10.1. The number of rotatable bonds is 7. The maximum absolute atomic E-state index is 11.8. The predicted molar refractivity (Wildman–Crippen MR) is 109 cm³/mol. The second kappa shape index (κ2) is 8.49. The maximum atomic E-state index is 11.8. The van der Waals surface area contributed by atoms with Gasteiger partial charge >= 0.3 is 0 Å². The van der Waals surface area contributed by atoms with E-state index in [1.165, 1.54) is 11.3 Å². The van der Waals surface area contributed by atoms with Crippen LogP contribution in [-0.2, 0) is 4.79 Å². The summed E-state index contributed by atoms with van der Waals surface area (Å²) in [6.07, 6.45) is 0.525. The van der Waals surface area contributed by atoms with Gasteiger partial charge in [-0.1, -0.05) is 44.2 Å². The number of amides is 1. The Morgan fingerprint density at radius 1 is 1.00 bits per heavy atom. The predicted octanol–water partition coefficient (Wildman–Crippen LogP) is 5.23. The number of anilines is 3. The Labute approximate surface area is 157 Å². The van der Waals surface area contributed by atoms with Crippen LogP contribution in [0.25, 0.3) is 11.3 Å². The molecule has 0 aliphatic carbocycles. The van der Waals surface area contributed by atoms with Crippen LogP contribution in [0, 0.1) is 5.92 Å². The summed E-state index contributed by atoms with van der Waals surface area (Å²) < 4.78 is 0. The van der Waals surface area contributed by atoms with Gasteiger partial charge in [-0.05, 0) is 30.2 Å². The Kier molecular flexibility index (Phi) is 5.86. The largest absolute Gasteiger partial charge is 0.326 e. The Balaban J connectivity index is 1.59. The number of carbonyl (C=O) groups excluding carboxylic acids is 1. The van der Waals surface area contributed by atoms with E-state index in [2.05, 4.69) is 21.2 Å². The topological polar surface area (TPSA) is 66.1 Å². The van der Waals surface area contributed by atoms with Gasteiger partial charge < -0.3 is 5.32 Å². The zero-order chi connectivity index (χ0) is 18.4. The highest BCUT2D eigenvalue weighted by Crippen LogP contribution is 2.26. The van der Waals surface area contributed by atoms with Crippen molar-refractivity contribution in [1.82, 2.24) is 4.98 Å². The lowest BCUT2D eigenvalue weighted by Crippen LogP contribution is -2.13. The number of benzene rings is 2. The molecule has 1 heterocycles. The van der Waals surface area contributed by atoms with Crippen molar-refractivity contribution in [2.75, 3.05) is 16.2 Å². The summed E-state index contributed by atoms with van der Waals surface area (Å²) in [6.45, 7) is 4.06. The van der Waals surface area contributed by atoms with Crippen LogP contribution in [0.15, 0.2) is 60.0 Å². The van der Waals surface area contributed by atoms with E-state index in [0.29, 0.717) is 12.3 Å². The first-order valence-electron chi connectivity index (χ1n) is 8.53. The van der Waals surface area contributed by atoms with Crippen LogP contribution < -0.4 is 16.2 Å². The minimum atomic E-state index is 0.0416. The summed E-state index contributed by atoms with van der Waals surface area (Å²) in [6, 6.07) is 17.6. The normalized spacial score (nSPS) is 10.6. The first-order chi connectivity index (χ1) is 12.6. The standard InChI is InChI=1S/C20H22N4OS/c1-14(2)12-19(25)21-16-10-8-15(9-11-16)18-13-26-20(22-18)24-23-17-6-4-3-5-7-17/h3-11,13-14,23H,12H2,1-2H3,(H,21,25)(H,22,24). The SMILES string of the molecule is CC(C)CC(=O)Nc1ccc(-c2csc(NNc3ccccc3)n2)cc1. The van der Waals surface area contributed by atoms with Crippen LogP contribution in [0.1, 0.15) is 20.3 Å². The van der Waals surface area contributed by atoms with E-state index < -0.39 is 0 Å². The number of hydrogen-bond donors (Lipinski definition) is 3. The van der Waals surface area contributed by atoms with Crippen LogP contribution in [-0.4, -0.2) is 10.9 Å². The maximum Gasteiger partial charge on any atom is 0.224 e. The number of nitrogens with zero attached hydrogens (tertiary/aromatic N) is 1.